The van der Waals surface area contributed by atoms with Gasteiger partial charge in [-0.25, -0.2) is 0 Å². The molecule has 0 bridgehead atoms. The highest BCUT2D eigenvalue weighted by Crippen LogP contribution is 2.36. The van der Waals surface area contributed by atoms with Crippen LogP contribution < -0.4 is 0 Å². The smallest absolute Gasteiger partial charge is 0.0515 e. The first-order chi connectivity index (χ1) is 5.25. The van der Waals surface area contributed by atoms with Crippen molar-refractivity contribution in [2.75, 3.05) is 13.2 Å². The van der Waals surface area contributed by atoms with Crippen LogP contribution in [0.2, 0.25) is 0 Å². The van der Waals surface area contributed by atoms with Crippen molar-refractivity contribution >= 4 is 0 Å². The molecule has 0 heterocycles. The fraction of sp³-hybridized carbons (Fsp3) is 0.778. The van der Waals surface area contributed by atoms with Gasteiger partial charge in [0.1, 0.15) is 0 Å². The molecular weight excluding hydrogens is 140 g/mol. The summed E-state index contributed by atoms with van der Waals surface area (Å²) in [7, 11) is 0. The van der Waals surface area contributed by atoms with Gasteiger partial charge in [-0.2, -0.15) is 0 Å². The quantitative estimate of drug-likeness (QED) is 0.584. The molecule has 11 heavy (non-hydrogen) atoms. The third kappa shape index (κ3) is 1.47. The molecule has 0 aromatic heterocycles. The van der Waals surface area contributed by atoms with E-state index in [-0.39, 0.29) is 18.6 Å². The van der Waals surface area contributed by atoms with Crippen LogP contribution in [-0.4, -0.2) is 23.4 Å². The van der Waals surface area contributed by atoms with E-state index < -0.39 is 0 Å². The maximum atomic E-state index is 9.12. The molecule has 0 fully saturated rings. The van der Waals surface area contributed by atoms with Crippen LogP contribution in [-0.2, 0) is 0 Å². The van der Waals surface area contributed by atoms with Gasteiger partial charge in [0.15, 0.2) is 0 Å². The summed E-state index contributed by atoms with van der Waals surface area (Å²) in [4.78, 5) is 0. The van der Waals surface area contributed by atoms with E-state index >= 15 is 0 Å². The molecule has 1 unspecified atom stereocenters. The molecule has 0 saturated heterocycles. The molecule has 0 saturated carbocycles. The molecule has 1 aliphatic rings. The van der Waals surface area contributed by atoms with Crippen LogP contribution in [0.4, 0.5) is 0 Å². The molecule has 1 aliphatic carbocycles. The fourth-order valence-corrected chi connectivity index (χ4v) is 1.56. The molecule has 64 valence electrons. The summed E-state index contributed by atoms with van der Waals surface area (Å²) in [5, 5.41) is 18.2. The van der Waals surface area contributed by atoms with Gasteiger partial charge in [-0.1, -0.05) is 19.1 Å². The summed E-state index contributed by atoms with van der Waals surface area (Å²) in [6, 6.07) is 0. The van der Waals surface area contributed by atoms with Gasteiger partial charge in [0.25, 0.3) is 0 Å². The minimum atomic E-state index is -0.255. The lowest BCUT2D eigenvalue weighted by Gasteiger charge is -2.37. The monoisotopic (exact) mass is 156 g/mol. The van der Waals surface area contributed by atoms with Crippen LogP contribution >= 0.6 is 0 Å². The molecule has 1 rings (SSSR count). The first-order valence-electron chi connectivity index (χ1n) is 4.12. The van der Waals surface area contributed by atoms with Crippen molar-refractivity contribution in [1.29, 1.82) is 0 Å². The summed E-state index contributed by atoms with van der Waals surface area (Å²) < 4.78 is 0. The van der Waals surface area contributed by atoms with Crippen molar-refractivity contribution < 1.29 is 10.2 Å². The topological polar surface area (TPSA) is 40.5 Å². The van der Waals surface area contributed by atoms with Crippen LogP contribution in [0.25, 0.3) is 0 Å². The number of allylic oxidation sites excluding steroid dienone is 2. The molecule has 0 spiro atoms. The number of hydrogen-bond donors (Lipinski definition) is 2. The standard InChI is InChI=1S/C9H16O2/c1-8-4-2-3-5-9(8,6-10)7-11/h2-3,8,10-11H,4-7H2,1H3. The first kappa shape index (κ1) is 8.75. The van der Waals surface area contributed by atoms with Crippen molar-refractivity contribution in [3.63, 3.8) is 0 Å². The first-order valence-corrected chi connectivity index (χ1v) is 4.12. The molecule has 0 aromatic rings. The average Bonchev–Trinajstić information content (AvgIpc) is 2.06. The van der Waals surface area contributed by atoms with Crippen LogP contribution in [0.3, 0.4) is 0 Å². The van der Waals surface area contributed by atoms with Crippen LogP contribution in [0.5, 0.6) is 0 Å². The summed E-state index contributed by atoms with van der Waals surface area (Å²) in [6.45, 7) is 2.26. The van der Waals surface area contributed by atoms with Gasteiger partial charge in [-0.15, -0.1) is 0 Å². The zero-order valence-electron chi connectivity index (χ0n) is 6.95. The minimum absolute atomic E-state index is 0.0923. The van der Waals surface area contributed by atoms with Gasteiger partial charge in [0.2, 0.25) is 0 Å². The zero-order chi connectivity index (χ0) is 8.32. The van der Waals surface area contributed by atoms with E-state index in [0.29, 0.717) is 5.92 Å². The predicted molar refractivity (Wildman–Crippen MR) is 44.1 cm³/mol. The Morgan fingerprint density at radius 2 is 2.00 bits per heavy atom. The van der Waals surface area contributed by atoms with Gasteiger partial charge in [0.05, 0.1) is 13.2 Å². The van der Waals surface area contributed by atoms with E-state index in [1.54, 1.807) is 0 Å². The molecule has 1 atom stereocenters. The predicted octanol–water partition coefficient (Wildman–Crippen LogP) is 0.944. The zero-order valence-corrected chi connectivity index (χ0v) is 6.95. The molecule has 0 aromatic carbocycles. The molecule has 0 amide bonds. The van der Waals surface area contributed by atoms with E-state index in [1.165, 1.54) is 0 Å². The summed E-state index contributed by atoms with van der Waals surface area (Å²) in [6.07, 6.45) is 5.95. The van der Waals surface area contributed by atoms with Crippen molar-refractivity contribution in [1.82, 2.24) is 0 Å². The summed E-state index contributed by atoms with van der Waals surface area (Å²) >= 11 is 0. The second kappa shape index (κ2) is 3.37. The maximum Gasteiger partial charge on any atom is 0.0515 e. The van der Waals surface area contributed by atoms with Gasteiger partial charge in [-0.3, -0.25) is 0 Å². The number of hydrogen-bond acceptors (Lipinski definition) is 2. The maximum absolute atomic E-state index is 9.12. The molecule has 2 heteroatoms. The summed E-state index contributed by atoms with van der Waals surface area (Å²) in [5.74, 6) is 0.391. The van der Waals surface area contributed by atoms with Crippen molar-refractivity contribution in [2.45, 2.75) is 19.8 Å². The molecule has 2 N–H and O–H groups in total. The van der Waals surface area contributed by atoms with E-state index in [9.17, 15) is 0 Å². The molecular formula is C9H16O2. The Labute approximate surface area is 67.6 Å². The highest BCUT2D eigenvalue weighted by Gasteiger charge is 2.34. The lowest BCUT2D eigenvalue weighted by atomic mass is 9.71. The SMILES string of the molecule is CC1CC=CCC1(CO)CO. The van der Waals surface area contributed by atoms with E-state index in [1.807, 2.05) is 6.08 Å². The largest absolute Gasteiger partial charge is 0.396 e. The lowest BCUT2D eigenvalue weighted by Crippen LogP contribution is -2.37. The third-order valence-corrected chi connectivity index (χ3v) is 2.86. The highest BCUT2D eigenvalue weighted by molar-refractivity contribution is 5.00. The number of aliphatic hydroxyl groups is 2. The van der Waals surface area contributed by atoms with Crippen LogP contribution in [0.15, 0.2) is 12.2 Å². The number of aliphatic hydroxyl groups excluding tert-OH is 2. The molecule has 0 aliphatic heterocycles. The Bertz CT molecular complexity index is 148. The van der Waals surface area contributed by atoms with Gasteiger partial charge >= 0.3 is 0 Å². The van der Waals surface area contributed by atoms with Gasteiger partial charge in [0, 0.05) is 5.41 Å². The van der Waals surface area contributed by atoms with Crippen molar-refractivity contribution in [3.8, 4) is 0 Å². The second-order valence-corrected chi connectivity index (χ2v) is 3.49. The average molecular weight is 156 g/mol. The third-order valence-electron chi connectivity index (χ3n) is 2.86. The Kier molecular flexibility index (Phi) is 2.68. The van der Waals surface area contributed by atoms with Gasteiger partial charge < -0.3 is 10.2 Å². The highest BCUT2D eigenvalue weighted by atomic mass is 16.3. The summed E-state index contributed by atoms with van der Waals surface area (Å²) in [5.41, 5.74) is -0.255. The molecule has 0 radical (unpaired) electrons. The van der Waals surface area contributed by atoms with Crippen LogP contribution in [0, 0.1) is 11.3 Å². The molecule has 2 nitrogen and oxygen atoms in total. The van der Waals surface area contributed by atoms with E-state index in [2.05, 4.69) is 13.0 Å². The minimum Gasteiger partial charge on any atom is -0.396 e. The number of rotatable bonds is 2. The Hall–Kier alpha value is -0.340. The van der Waals surface area contributed by atoms with Crippen LogP contribution in [0.1, 0.15) is 19.8 Å². The second-order valence-electron chi connectivity index (χ2n) is 3.49. The Balaban J connectivity index is 2.72. The Morgan fingerprint density at radius 1 is 1.36 bits per heavy atom. The van der Waals surface area contributed by atoms with Crippen molar-refractivity contribution in [2.24, 2.45) is 11.3 Å². The van der Waals surface area contributed by atoms with Gasteiger partial charge in [-0.05, 0) is 18.8 Å². The normalized spacial score (nSPS) is 28.8. The van der Waals surface area contributed by atoms with Crippen molar-refractivity contribution in [3.05, 3.63) is 12.2 Å². The van der Waals surface area contributed by atoms with E-state index in [4.69, 9.17) is 10.2 Å². The fourth-order valence-electron chi connectivity index (χ4n) is 1.56. The van der Waals surface area contributed by atoms with E-state index in [0.717, 1.165) is 12.8 Å². The Morgan fingerprint density at radius 3 is 2.36 bits per heavy atom. The lowest BCUT2D eigenvalue weighted by molar-refractivity contribution is 0.00909.